The van der Waals surface area contributed by atoms with Crippen molar-refractivity contribution in [3.05, 3.63) is 46.3 Å². The average Bonchev–Trinajstić information content (AvgIpc) is 2.28. The van der Waals surface area contributed by atoms with Crippen LogP contribution in [0.5, 0.6) is 5.88 Å². The number of halogens is 1. The van der Waals surface area contributed by atoms with E-state index in [4.69, 9.17) is 0 Å². The molecule has 0 saturated heterocycles. The second-order valence-electron chi connectivity index (χ2n) is 3.65. The Balaban J connectivity index is 2.55. The highest BCUT2D eigenvalue weighted by molar-refractivity contribution is 7.97. The van der Waals surface area contributed by atoms with Crippen molar-refractivity contribution < 1.29 is 9.50 Å². The van der Waals surface area contributed by atoms with Gasteiger partial charge < -0.3 is 10.1 Å². The lowest BCUT2D eigenvalue weighted by molar-refractivity contribution is 0.451. The fourth-order valence-electron chi connectivity index (χ4n) is 1.62. The summed E-state index contributed by atoms with van der Waals surface area (Å²) in [4.78, 5) is 18.3. The molecule has 1 aromatic heterocycles. The first-order valence-electron chi connectivity index (χ1n) is 5.19. The molecule has 0 unspecified atom stereocenters. The number of rotatable bonds is 3. The van der Waals surface area contributed by atoms with Crippen molar-refractivity contribution >= 4 is 11.8 Å². The molecule has 0 amide bonds. The van der Waals surface area contributed by atoms with Gasteiger partial charge in [-0.05, 0) is 24.0 Å². The van der Waals surface area contributed by atoms with Gasteiger partial charge in [0, 0.05) is 0 Å². The van der Waals surface area contributed by atoms with E-state index in [9.17, 15) is 14.3 Å². The van der Waals surface area contributed by atoms with E-state index in [0.29, 0.717) is 17.1 Å². The summed E-state index contributed by atoms with van der Waals surface area (Å²) in [5.74, 6) is 0.0321. The second kappa shape index (κ2) is 5.22. The van der Waals surface area contributed by atoms with Gasteiger partial charge in [0.1, 0.15) is 17.2 Å². The van der Waals surface area contributed by atoms with Crippen LogP contribution in [0.25, 0.3) is 11.1 Å². The molecule has 0 spiro atoms. The Morgan fingerprint density at radius 1 is 1.50 bits per heavy atom. The van der Waals surface area contributed by atoms with Crippen molar-refractivity contribution in [1.82, 2.24) is 9.97 Å². The van der Waals surface area contributed by atoms with Gasteiger partial charge in [-0.2, -0.15) is 16.7 Å². The average molecular weight is 266 g/mol. The lowest BCUT2D eigenvalue weighted by atomic mass is 10.1. The normalized spacial score (nSPS) is 10.6. The number of nitrogens with zero attached hydrogens (tertiary/aromatic N) is 1. The molecule has 94 valence electrons. The van der Waals surface area contributed by atoms with Crippen molar-refractivity contribution in [1.29, 1.82) is 0 Å². The van der Waals surface area contributed by atoms with E-state index in [1.807, 2.05) is 6.26 Å². The van der Waals surface area contributed by atoms with Gasteiger partial charge in [-0.1, -0.05) is 12.1 Å². The smallest absolute Gasteiger partial charge is 0.262 e. The summed E-state index contributed by atoms with van der Waals surface area (Å²) in [6, 6.07) is 5.47. The first kappa shape index (κ1) is 12.6. The van der Waals surface area contributed by atoms with Crippen LogP contribution < -0.4 is 5.56 Å². The van der Waals surface area contributed by atoms with Crippen molar-refractivity contribution in [2.75, 3.05) is 6.26 Å². The van der Waals surface area contributed by atoms with E-state index < -0.39 is 11.4 Å². The maximum atomic E-state index is 13.1. The van der Waals surface area contributed by atoms with Crippen LogP contribution in [0, 0.1) is 5.82 Å². The van der Waals surface area contributed by atoms with Crippen LogP contribution >= 0.6 is 11.8 Å². The van der Waals surface area contributed by atoms with E-state index in [1.54, 1.807) is 6.07 Å². The largest absolute Gasteiger partial charge is 0.493 e. The van der Waals surface area contributed by atoms with E-state index in [2.05, 4.69) is 9.97 Å². The molecule has 0 radical (unpaired) electrons. The molecular formula is C12H11FN2O2S. The highest BCUT2D eigenvalue weighted by atomic mass is 32.2. The molecular weight excluding hydrogens is 255 g/mol. The van der Waals surface area contributed by atoms with Crippen LogP contribution in [0.1, 0.15) is 5.82 Å². The predicted molar refractivity (Wildman–Crippen MR) is 69.1 cm³/mol. The lowest BCUT2D eigenvalue weighted by Crippen LogP contribution is -2.13. The topological polar surface area (TPSA) is 66.0 Å². The SMILES string of the molecule is CSCc1nc(O)c(-c2cccc(F)c2)c(=O)[nH]1. The number of aromatic hydroxyl groups is 1. The first-order chi connectivity index (χ1) is 8.61. The Morgan fingerprint density at radius 3 is 2.89 bits per heavy atom. The molecule has 2 N–H and O–H groups in total. The molecule has 0 aliphatic heterocycles. The van der Waals surface area contributed by atoms with Gasteiger partial charge in [-0.15, -0.1) is 0 Å². The quantitative estimate of drug-likeness (QED) is 0.893. The van der Waals surface area contributed by atoms with E-state index in [0.717, 1.165) is 0 Å². The number of hydrogen-bond acceptors (Lipinski definition) is 4. The highest BCUT2D eigenvalue weighted by Gasteiger charge is 2.13. The van der Waals surface area contributed by atoms with Gasteiger partial charge in [-0.3, -0.25) is 4.79 Å². The monoisotopic (exact) mass is 266 g/mol. The number of thioether (sulfide) groups is 1. The number of aromatic nitrogens is 2. The maximum Gasteiger partial charge on any atom is 0.262 e. The van der Waals surface area contributed by atoms with Crippen LogP contribution in [-0.4, -0.2) is 21.3 Å². The lowest BCUT2D eigenvalue weighted by Gasteiger charge is -2.05. The first-order valence-corrected chi connectivity index (χ1v) is 6.58. The van der Waals surface area contributed by atoms with Crippen LogP contribution in [-0.2, 0) is 5.75 Å². The fourth-order valence-corrected chi connectivity index (χ4v) is 2.03. The Labute approximate surface area is 107 Å². The summed E-state index contributed by atoms with van der Waals surface area (Å²) >= 11 is 1.47. The molecule has 4 nitrogen and oxygen atoms in total. The van der Waals surface area contributed by atoms with Crippen molar-refractivity contribution in [3.8, 4) is 17.0 Å². The summed E-state index contributed by atoms with van der Waals surface area (Å²) in [7, 11) is 0. The molecule has 0 aliphatic carbocycles. The minimum absolute atomic E-state index is 0.0145. The van der Waals surface area contributed by atoms with E-state index >= 15 is 0 Å². The predicted octanol–water partition coefficient (Wildman–Crippen LogP) is 2.14. The number of nitrogens with one attached hydrogen (secondary N) is 1. The van der Waals surface area contributed by atoms with Gasteiger partial charge in [-0.25, -0.2) is 4.39 Å². The summed E-state index contributed by atoms with van der Waals surface area (Å²) in [6.07, 6.45) is 1.86. The third kappa shape index (κ3) is 2.53. The Bertz CT molecular complexity index is 628. The van der Waals surface area contributed by atoms with Gasteiger partial charge in [0.15, 0.2) is 0 Å². The number of hydrogen-bond donors (Lipinski definition) is 2. The van der Waals surface area contributed by atoms with Gasteiger partial charge in [0.05, 0.1) is 5.75 Å². The second-order valence-corrected chi connectivity index (χ2v) is 4.52. The molecule has 0 atom stereocenters. The molecule has 0 fully saturated rings. The highest BCUT2D eigenvalue weighted by Crippen LogP contribution is 2.24. The van der Waals surface area contributed by atoms with Crippen LogP contribution in [0.2, 0.25) is 0 Å². The van der Waals surface area contributed by atoms with Gasteiger partial charge in [0.25, 0.3) is 5.56 Å². The molecule has 1 aromatic carbocycles. The molecule has 0 bridgehead atoms. The minimum Gasteiger partial charge on any atom is -0.493 e. The molecule has 18 heavy (non-hydrogen) atoms. The molecule has 6 heteroatoms. The number of aromatic amines is 1. The molecule has 2 aromatic rings. The zero-order valence-electron chi connectivity index (χ0n) is 9.61. The zero-order valence-corrected chi connectivity index (χ0v) is 10.4. The van der Waals surface area contributed by atoms with E-state index in [1.165, 1.54) is 30.0 Å². The van der Waals surface area contributed by atoms with Crippen molar-refractivity contribution in [2.45, 2.75) is 5.75 Å². The number of benzene rings is 1. The van der Waals surface area contributed by atoms with Gasteiger partial charge in [0.2, 0.25) is 5.88 Å². The Morgan fingerprint density at radius 2 is 2.28 bits per heavy atom. The van der Waals surface area contributed by atoms with Crippen LogP contribution in [0.4, 0.5) is 4.39 Å². The summed E-state index contributed by atoms with van der Waals surface area (Å²) in [5.41, 5.74) is -0.187. The third-order valence-electron chi connectivity index (χ3n) is 2.34. The summed E-state index contributed by atoms with van der Waals surface area (Å²) < 4.78 is 13.1. The van der Waals surface area contributed by atoms with Crippen LogP contribution in [0.15, 0.2) is 29.1 Å². The fraction of sp³-hybridized carbons (Fsp3) is 0.167. The minimum atomic E-state index is -0.475. The summed E-state index contributed by atoms with van der Waals surface area (Å²) in [6.45, 7) is 0. The molecule has 1 heterocycles. The van der Waals surface area contributed by atoms with Crippen molar-refractivity contribution in [2.24, 2.45) is 0 Å². The Kier molecular flexibility index (Phi) is 3.66. The zero-order chi connectivity index (χ0) is 13.1. The van der Waals surface area contributed by atoms with Crippen molar-refractivity contribution in [3.63, 3.8) is 0 Å². The standard InChI is InChI=1S/C12H11FN2O2S/c1-18-6-9-14-11(16)10(12(17)15-9)7-3-2-4-8(13)5-7/h2-5H,6H2,1H3,(H2,14,15,16,17). The molecule has 2 rings (SSSR count). The maximum absolute atomic E-state index is 13.1. The van der Waals surface area contributed by atoms with Crippen LogP contribution in [0.3, 0.4) is 0 Å². The summed E-state index contributed by atoms with van der Waals surface area (Å²) in [5, 5.41) is 9.78. The Hall–Kier alpha value is -1.82. The third-order valence-corrected chi connectivity index (χ3v) is 2.91. The number of H-pyrrole nitrogens is 1. The molecule has 0 saturated carbocycles. The molecule has 0 aliphatic rings. The van der Waals surface area contributed by atoms with Gasteiger partial charge >= 0.3 is 0 Å². The van der Waals surface area contributed by atoms with E-state index in [-0.39, 0.29) is 11.4 Å².